The summed E-state index contributed by atoms with van der Waals surface area (Å²) in [6, 6.07) is 0. The van der Waals surface area contributed by atoms with Gasteiger partial charge in [-0.05, 0) is 12.8 Å². The smallest absolute Gasteiger partial charge is 0.305 e. The van der Waals surface area contributed by atoms with Crippen molar-refractivity contribution in [3.63, 3.8) is 0 Å². The minimum absolute atomic E-state index is 0.129. The van der Waals surface area contributed by atoms with E-state index >= 15 is 0 Å². The maximum Gasteiger partial charge on any atom is 0.305 e. The van der Waals surface area contributed by atoms with Crippen molar-refractivity contribution < 1.29 is 9.53 Å². The molecule has 0 saturated heterocycles. The first-order valence-corrected chi connectivity index (χ1v) is 4.75. The van der Waals surface area contributed by atoms with E-state index in [1.54, 1.807) is 0 Å². The zero-order chi connectivity index (χ0) is 10.1. The molecule has 0 aromatic heterocycles. The number of hydrogen-bond donors (Lipinski definition) is 0. The molecule has 0 amide bonds. The Morgan fingerprint density at radius 1 is 1.54 bits per heavy atom. The van der Waals surface area contributed by atoms with Crippen LogP contribution >= 0.6 is 0 Å². The number of esters is 1. The quantitative estimate of drug-likeness (QED) is 0.493. The molecular formula is C11H18O2. The molecule has 0 bridgehead atoms. The fourth-order valence-corrected chi connectivity index (χ4v) is 1.00. The molecule has 13 heavy (non-hydrogen) atoms. The van der Waals surface area contributed by atoms with Gasteiger partial charge in [-0.2, -0.15) is 0 Å². The van der Waals surface area contributed by atoms with Crippen LogP contribution in [0.3, 0.4) is 0 Å². The van der Waals surface area contributed by atoms with Crippen LogP contribution in [0, 0.1) is 17.8 Å². The summed E-state index contributed by atoms with van der Waals surface area (Å²) in [5, 5.41) is 0. The summed E-state index contributed by atoms with van der Waals surface area (Å²) in [7, 11) is 1.42. The van der Waals surface area contributed by atoms with Crippen molar-refractivity contribution >= 4 is 5.97 Å². The van der Waals surface area contributed by atoms with Gasteiger partial charge in [0.25, 0.3) is 0 Å². The van der Waals surface area contributed by atoms with Crippen LogP contribution in [0.25, 0.3) is 0 Å². The molecule has 2 nitrogen and oxygen atoms in total. The van der Waals surface area contributed by atoms with Crippen LogP contribution < -0.4 is 0 Å². The van der Waals surface area contributed by atoms with Gasteiger partial charge in [0.1, 0.15) is 0 Å². The zero-order valence-electron chi connectivity index (χ0n) is 8.72. The van der Waals surface area contributed by atoms with E-state index in [2.05, 4.69) is 23.5 Å². The summed E-state index contributed by atoms with van der Waals surface area (Å²) in [6.07, 6.45) is 3.25. The molecule has 0 aliphatic carbocycles. The molecule has 0 heterocycles. The highest BCUT2D eigenvalue weighted by Gasteiger charge is 2.02. The van der Waals surface area contributed by atoms with Crippen LogP contribution in [0.1, 0.15) is 39.5 Å². The summed E-state index contributed by atoms with van der Waals surface area (Å²) >= 11 is 0. The highest BCUT2D eigenvalue weighted by Crippen LogP contribution is 2.06. The van der Waals surface area contributed by atoms with Gasteiger partial charge >= 0.3 is 5.97 Å². The molecule has 0 radical (unpaired) electrons. The Bertz CT molecular complexity index is 198. The Hall–Kier alpha value is -0.970. The zero-order valence-corrected chi connectivity index (χ0v) is 8.72. The summed E-state index contributed by atoms with van der Waals surface area (Å²) in [4.78, 5) is 10.7. The average Bonchev–Trinajstić information content (AvgIpc) is 2.14. The minimum atomic E-state index is -0.129. The molecule has 0 aromatic rings. The topological polar surface area (TPSA) is 26.3 Å². The van der Waals surface area contributed by atoms with Gasteiger partial charge in [-0.15, -0.1) is 11.8 Å². The highest BCUT2D eigenvalue weighted by molar-refractivity contribution is 5.68. The van der Waals surface area contributed by atoms with Gasteiger partial charge in [-0.1, -0.05) is 13.8 Å². The number of carbonyl (C=O) groups excluding carboxylic acids is 1. The van der Waals surface area contributed by atoms with Crippen molar-refractivity contribution in [2.24, 2.45) is 5.92 Å². The van der Waals surface area contributed by atoms with E-state index in [-0.39, 0.29) is 5.97 Å². The third-order valence-electron chi connectivity index (χ3n) is 1.77. The van der Waals surface area contributed by atoms with Crippen LogP contribution in [-0.4, -0.2) is 13.1 Å². The van der Waals surface area contributed by atoms with E-state index in [1.807, 2.05) is 6.92 Å². The van der Waals surface area contributed by atoms with Crippen molar-refractivity contribution in [3.05, 3.63) is 0 Å². The second-order valence-electron chi connectivity index (χ2n) is 3.04. The van der Waals surface area contributed by atoms with E-state index in [0.717, 1.165) is 19.3 Å². The first-order valence-electron chi connectivity index (χ1n) is 4.75. The molecule has 0 saturated carbocycles. The molecule has 74 valence electrons. The summed E-state index contributed by atoms with van der Waals surface area (Å²) in [6.45, 7) is 4.12. The van der Waals surface area contributed by atoms with Crippen molar-refractivity contribution in [1.29, 1.82) is 0 Å². The first kappa shape index (κ1) is 12.0. The van der Waals surface area contributed by atoms with Gasteiger partial charge in [-0.25, -0.2) is 0 Å². The maximum absolute atomic E-state index is 10.7. The first-order chi connectivity index (χ1) is 6.20. The lowest BCUT2D eigenvalue weighted by Crippen LogP contribution is -2.01. The van der Waals surface area contributed by atoms with Gasteiger partial charge in [0.05, 0.1) is 7.11 Å². The molecule has 0 aliphatic rings. The average molecular weight is 182 g/mol. The molecule has 0 spiro atoms. The molecular weight excluding hydrogens is 164 g/mol. The SMILES string of the molecule is CCC#CC(C)CCCC(=O)OC. The summed E-state index contributed by atoms with van der Waals surface area (Å²) in [5.41, 5.74) is 0. The lowest BCUT2D eigenvalue weighted by Gasteiger charge is -2.02. The van der Waals surface area contributed by atoms with Gasteiger partial charge in [0, 0.05) is 18.8 Å². The van der Waals surface area contributed by atoms with E-state index in [1.165, 1.54) is 7.11 Å². The Balaban J connectivity index is 3.47. The van der Waals surface area contributed by atoms with Crippen molar-refractivity contribution in [2.75, 3.05) is 7.11 Å². The number of rotatable bonds is 4. The molecule has 2 heteroatoms. The Labute approximate surface area is 80.7 Å². The van der Waals surface area contributed by atoms with Crippen LogP contribution in [0.4, 0.5) is 0 Å². The summed E-state index contributed by atoms with van der Waals surface area (Å²) < 4.78 is 4.54. The van der Waals surface area contributed by atoms with Crippen LogP contribution in [0.5, 0.6) is 0 Å². The third-order valence-corrected chi connectivity index (χ3v) is 1.77. The summed E-state index contributed by atoms with van der Waals surface area (Å²) in [5.74, 6) is 6.42. The largest absolute Gasteiger partial charge is 0.469 e. The van der Waals surface area contributed by atoms with Gasteiger partial charge in [0.15, 0.2) is 0 Å². The second kappa shape index (κ2) is 7.67. The standard InChI is InChI=1S/C11H18O2/c1-4-5-7-10(2)8-6-9-11(12)13-3/h10H,4,6,8-9H2,1-3H3. The molecule has 0 aromatic carbocycles. The van der Waals surface area contributed by atoms with Gasteiger partial charge in [-0.3, -0.25) is 4.79 Å². The van der Waals surface area contributed by atoms with Crippen molar-refractivity contribution in [3.8, 4) is 11.8 Å². The number of carbonyl (C=O) groups is 1. The van der Waals surface area contributed by atoms with E-state index < -0.39 is 0 Å². The number of methoxy groups -OCH3 is 1. The van der Waals surface area contributed by atoms with Gasteiger partial charge < -0.3 is 4.74 Å². The molecule has 0 rings (SSSR count). The monoisotopic (exact) mass is 182 g/mol. The van der Waals surface area contributed by atoms with Gasteiger partial charge in [0.2, 0.25) is 0 Å². The Morgan fingerprint density at radius 2 is 2.23 bits per heavy atom. The number of hydrogen-bond acceptors (Lipinski definition) is 2. The fourth-order valence-electron chi connectivity index (χ4n) is 1.00. The molecule has 0 N–H and O–H groups in total. The molecule has 1 atom stereocenters. The Kier molecular flexibility index (Phi) is 7.10. The molecule has 0 aliphatic heterocycles. The van der Waals surface area contributed by atoms with Crippen LogP contribution in [0.15, 0.2) is 0 Å². The lowest BCUT2D eigenvalue weighted by atomic mass is 10.0. The second-order valence-corrected chi connectivity index (χ2v) is 3.04. The molecule has 1 unspecified atom stereocenters. The van der Waals surface area contributed by atoms with E-state index in [0.29, 0.717) is 12.3 Å². The Morgan fingerprint density at radius 3 is 2.77 bits per heavy atom. The lowest BCUT2D eigenvalue weighted by molar-refractivity contribution is -0.140. The van der Waals surface area contributed by atoms with Crippen molar-refractivity contribution in [1.82, 2.24) is 0 Å². The minimum Gasteiger partial charge on any atom is -0.469 e. The normalized spacial score (nSPS) is 11.3. The van der Waals surface area contributed by atoms with Crippen LogP contribution in [-0.2, 0) is 9.53 Å². The highest BCUT2D eigenvalue weighted by atomic mass is 16.5. The third kappa shape index (κ3) is 7.39. The molecule has 0 fully saturated rings. The van der Waals surface area contributed by atoms with E-state index in [9.17, 15) is 4.79 Å². The fraction of sp³-hybridized carbons (Fsp3) is 0.727. The van der Waals surface area contributed by atoms with Crippen molar-refractivity contribution in [2.45, 2.75) is 39.5 Å². The maximum atomic E-state index is 10.7. The number of ether oxygens (including phenoxy) is 1. The predicted molar refractivity (Wildman–Crippen MR) is 53.1 cm³/mol. The van der Waals surface area contributed by atoms with Crippen LogP contribution in [0.2, 0.25) is 0 Å². The van der Waals surface area contributed by atoms with E-state index in [4.69, 9.17) is 0 Å². The predicted octanol–water partition coefficient (Wildman–Crippen LogP) is 2.38.